The predicted octanol–water partition coefficient (Wildman–Crippen LogP) is 0.693. The van der Waals surface area contributed by atoms with E-state index in [0.29, 0.717) is 11.1 Å². The number of anilines is 1. The molecule has 0 aromatic heterocycles. The van der Waals surface area contributed by atoms with Crippen LogP contribution in [0.2, 0.25) is 0 Å². The van der Waals surface area contributed by atoms with E-state index in [4.69, 9.17) is 5.73 Å². The number of sulfone groups is 1. The van der Waals surface area contributed by atoms with Gasteiger partial charge in [0.2, 0.25) is 10.0 Å². The fraction of sp³-hybridized carbons (Fsp3) is 0.538. The third kappa shape index (κ3) is 2.93. The minimum atomic E-state index is -3.80. The molecule has 21 heavy (non-hydrogen) atoms. The second-order valence-corrected chi connectivity index (χ2v) is 9.58. The number of hydrogen-bond donors (Lipinski definition) is 1. The van der Waals surface area contributed by atoms with Gasteiger partial charge in [-0.05, 0) is 31.9 Å². The molecule has 1 aromatic rings. The van der Waals surface area contributed by atoms with Gasteiger partial charge in [-0.2, -0.15) is 4.31 Å². The fourth-order valence-electron chi connectivity index (χ4n) is 2.61. The molecule has 2 N–H and O–H groups in total. The molecule has 1 aliphatic rings. The number of benzene rings is 1. The predicted molar refractivity (Wildman–Crippen MR) is 82.3 cm³/mol. The highest BCUT2D eigenvalue weighted by atomic mass is 32.2. The highest BCUT2D eigenvalue weighted by Crippen LogP contribution is 2.31. The molecule has 0 amide bonds. The summed E-state index contributed by atoms with van der Waals surface area (Å²) in [5.41, 5.74) is 7.44. The van der Waals surface area contributed by atoms with Crippen molar-refractivity contribution in [2.45, 2.75) is 31.7 Å². The Balaban J connectivity index is 2.52. The molecule has 1 atom stereocenters. The number of hydrogen-bond acceptors (Lipinski definition) is 5. The van der Waals surface area contributed by atoms with E-state index in [-0.39, 0.29) is 28.6 Å². The summed E-state index contributed by atoms with van der Waals surface area (Å²) in [5.74, 6) is -0.307. The highest BCUT2D eigenvalue weighted by Gasteiger charge is 2.38. The van der Waals surface area contributed by atoms with Crippen molar-refractivity contribution in [3.63, 3.8) is 0 Å². The highest BCUT2D eigenvalue weighted by molar-refractivity contribution is 7.92. The molecule has 6 nitrogen and oxygen atoms in total. The largest absolute Gasteiger partial charge is 0.397 e. The van der Waals surface area contributed by atoms with Gasteiger partial charge in [0.1, 0.15) is 4.90 Å². The summed E-state index contributed by atoms with van der Waals surface area (Å²) in [6.45, 7) is 5.01. The van der Waals surface area contributed by atoms with Gasteiger partial charge in [0.25, 0.3) is 0 Å². The number of nitrogens with zero attached hydrogens (tertiary/aromatic N) is 1. The number of rotatable bonds is 2. The second kappa shape index (κ2) is 5.26. The molecule has 8 heteroatoms. The number of nitrogens with two attached hydrogens (primary N) is 1. The zero-order chi connectivity index (χ0) is 16.0. The first-order valence-electron chi connectivity index (χ1n) is 6.64. The molecule has 1 fully saturated rings. The van der Waals surface area contributed by atoms with Crippen LogP contribution in [0.4, 0.5) is 5.69 Å². The van der Waals surface area contributed by atoms with Crippen molar-refractivity contribution in [1.82, 2.24) is 4.31 Å². The summed E-state index contributed by atoms with van der Waals surface area (Å²) < 4.78 is 50.2. The van der Waals surface area contributed by atoms with Gasteiger partial charge in [-0.25, -0.2) is 16.8 Å². The van der Waals surface area contributed by atoms with Gasteiger partial charge in [-0.1, -0.05) is 12.1 Å². The van der Waals surface area contributed by atoms with Crippen LogP contribution in [0.25, 0.3) is 0 Å². The maximum absolute atomic E-state index is 12.9. The monoisotopic (exact) mass is 332 g/mol. The van der Waals surface area contributed by atoms with Gasteiger partial charge in [0, 0.05) is 12.6 Å². The molecular formula is C13H20N2O4S2. The van der Waals surface area contributed by atoms with E-state index in [2.05, 4.69) is 0 Å². The van der Waals surface area contributed by atoms with Gasteiger partial charge >= 0.3 is 0 Å². The van der Waals surface area contributed by atoms with E-state index >= 15 is 0 Å². The SMILES string of the molecule is Cc1ccc(C)c(S(=O)(=O)N2CCS(=O)(=O)CC2C)c1N. The topological polar surface area (TPSA) is 97.5 Å². The van der Waals surface area contributed by atoms with Crippen molar-refractivity contribution in [3.05, 3.63) is 23.3 Å². The fourth-order valence-corrected chi connectivity index (χ4v) is 6.40. The first-order valence-corrected chi connectivity index (χ1v) is 9.90. The maximum Gasteiger partial charge on any atom is 0.245 e. The van der Waals surface area contributed by atoms with Crippen LogP contribution < -0.4 is 5.73 Å². The van der Waals surface area contributed by atoms with Crippen LogP contribution in [0, 0.1) is 13.8 Å². The van der Waals surface area contributed by atoms with Crippen molar-refractivity contribution in [1.29, 1.82) is 0 Å². The van der Waals surface area contributed by atoms with Crippen LogP contribution in [0.5, 0.6) is 0 Å². The van der Waals surface area contributed by atoms with Crippen molar-refractivity contribution in [3.8, 4) is 0 Å². The minimum Gasteiger partial charge on any atom is -0.397 e. The molecule has 0 bridgehead atoms. The first-order chi connectivity index (χ1) is 9.56. The Morgan fingerprint density at radius 3 is 2.38 bits per heavy atom. The van der Waals surface area contributed by atoms with E-state index in [1.807, 2.05) is 0 Å². The molecule has 0 spiro atoms. The van der Waals surface area contributed by atoms with Crippen LogP contribution in [0.1, 0.15) is 18.1 Å². The lowest BCUT2D eigenvalue weighted by Crippen LogP contribution is -2.49. The van der Waals surface area contributed by atoms with E-state index in [0.717, 1.165) is 0 Å². The second-order valence-electron chi connectivity index (χ2n) is 5.52. The van der Waals surface area contributed by atoms with Gasteiger partial charge in [0.15, 0.2) is 9.84 Å². The molecule has 0 radical (unpaired) electrons. The maximum atomic E-state index is 12.9. The van der Waals surface area contributed by atoms with E-state index in [9.17, 15) is 16.8 Å². The zero-order valence-electron chi connectivity index (χ0n) is 12.3. The lowest BCUT2D eigenvalue weighted by atomic mass is 10.1. The smallest absolute Gasteiger partial charge is 0.245 e. The lowest BCUT2D eigenvalue weighted by Gasteiger charge is -2.33. The molecule has 1 unspecified atom stereocenters. The lowest BCUT2D eigenvalue weighted by molar-refractivity contribution is 0.357. The Bertz CT molecular complexity index is 770. The Morgan fingerprint density at radius 2 is 1.81 bits per heavy atom. The summed E-state index contributed by atoms with van der Waals surface area (Å²) in [4.78, 5) is 0.0913. The van der Waals surface area contributed by atoms with E-state index < -0.39 is 25.9 Å². The molecule has 1 heterocycles. The molecule has 118 valence electrons. The average molecular weight is 332 g/mol. The summed E-state index contributed by atoms with van der Waals surface area (Å²) in [5, 5.41) is 0. The van der Waals surface area contributed by atoms with Crippen LogP contribution in [-0.2, 0) is 19.9 Å². The molecule has 2 rings (SSSR count). The quantitative estimate of drug-likeness (QED) is 0.804. The molecular weight excluding hydrogens is 312 g/mol. The Kier molecular flexibility index (Phi) is 4.07. The first kappa shape index (κ1) is 16.3. The average Bonchev–Trinajstić information content (AvgIpc) is 2.32. The number of aryl methyl sites for hydroxylation is 2. The Morgan fingerprint density at radius 1 is 1.24 bits per heavy atom. The summed E-state index contributed by atoms with van der Waals surface area (Å²) in [7, 11) is -6.97. The Hall–Kier alpha value is -1.12. The molecule has 0 aliphatic carbocycles. The van der Waals surface area contributed by atoms with Crippen LogP contribution in [0.15, 0.2) is 17.0 Å². The van der Waals surface area contributed by atoms with Gasteiger partial charge < -0.3 is 5.73 Å². The van der Waals surface area contributed by atoms with Gasteiger partial charge in [0.05, 0.1) is 17.2 Å². The van der Waals surface area contributed by atoms with Crippen molar-refractivity contribution in [2.75, 3.05) is 23.8 Å². The number of sulfonamides is 1. The Labute approximate surface area is 125 Å². The number of nitrogen functional groups attached to an aromatic ring is 1. The summed E-state index contributed by atoms with van der Waals surface area (Å²) in [6, 6.07) is 2.89. The third-order valence-corrected chi connectivity index (χ3v) is 7.80. The minimum absolute atomic E-state index is 0.0291. The van der Waals surface area contributed by atoms with Crippen molar-refractivity contribution in [2.24, 2.45) is 0 Å². The zero-order valence-corrected chi connectivity index (χ0v) is 14.0. The molecule has 1 aliphatic heterocycles. The third-order valence-electron chi connectivity index (χ3n) is 3.79. The summed E-state index contributed by atoms with van der Waals surface area (Å²) >= 11 is 0. The summed E-state index contributed by atoms with van der Waals surface area (Å²) in [6.07, 6.45) is 0. The van der Waals surface area contributed by atoms with Crippen LogP contribution in [-0.4, -0.2) is 45.2 Å². The molecule has 1 saturated heterocycles. The van der Waals surface area contributed by atoms with E-state index in [1.54, 1.807) is 32.9 Å². The molecule has 1 aromatic carbocycles. The van der Waals surface area contributed by atoms with Crippen LogP contribution >= 0.6 is 0 Å². The normalized spacial score (nSPS) is 23.1. The van der Waals surface area contributed by atoms with E-state index in [1.165, 1.54) is 4.31 Å². The van der Waals surface area contributed by atoms with Gasteiger partial charge in [-0.3, -0.25) is 0 Å². The van der Waals surface area contributed by atoms with Gasteiger partial charge in [-0.15, -0.1) is 0 Å². The standard InChI is InChI=1S/C13H20N2O4S2/c1-9-4-5-10(2)13(12(9)14)21(18,19)15-6-7-20(16,17)8-11(15)3/h4-5,11H,6-8,14H2,1-3H3. The van der Waals surface area contributed by atoms with Crippen molar-refractivity contribution >= 4 is 25.5 Å². The van der Waals surface area contributed by atoms with Crippen LogP contribution in [0.3, 0.4) is 0 Å². The molecule has 0 saturated carbocycles. The van der Waals surface area contributed by atoms with Crippen molar-refractivity contribution < 1.29 is 16.8 Å².